The van der Waals surface area contributed by atoms with Crippen molar-refractivity contribution in [2.75, 3.05) is 26.3 Å². The summed E-state index contributed by atoms with van der Waals surface area (Å²) in [5, 5.41) is 11.1. The molecule has 0 bridgehead atoms. The third kappa shape index (κ3) is 4.01. The molecule has 0 unspecified atom stereocenters. The van der Waals surface area contributed by atoms with Crippen LogP contribution in [0.1, 0.15) is 18.9 Å². The summed E-state index contributed by atoms with van der Waals surface area (Å²) in [5.41, 5.74) is 0.961. The molecule has 20 heavy (non-hydrogen) atoms. The average molecular weight is 343 g/mol. The van der Waals surface area contributed by atoms with Crippen LogP contribution in [-0.4, -0.2) is 36.1 Å². The molecule has 2 rings (SSSR count). The van der Waals surface area contributed by atoms with Crippen LogP contribution in [0, 0.1) is 16.0 Å². The van der Waals surface area contributed by atoms with Gasteiger partial charge >= 0.3 is 0 Å². The Kier molecular flexibility index (Phi) is 5.51. The van der Waals surface area contributed by atoms with Gasteiger partial charge in [0.2, 0.25) is 0 Å². The smallest absolute Gasteiger partial charge is 0.273 e. The average Bonchev–Trinajstić information content (AvgIpc) is 2.83. The van der Waals surface area contributed by atoms with Gasteiger partial charge in [-0.2, -0.15) is 0 Å². The highest BCUT2D eigenvalue weighted by atomic mass is 79.9. The predicted octanol–water partition coefficient (Wildman–Crippen LogP) is 3.22. The molecule has 0 spiro atoms. The topological polar surface area (TPSA) is 55.6 Å². The van der Waals surface area contributed by atoms with Crippen molar-refractivity contribution in [1.29, 1.82) is 0 Å². The second kappa shape index (κ2) is 7.15. The van der Waals surface area contributed by atoms with E-state index in [1.54, 1.807) is 12.1 Å². The number of hydrogen-bond donors (Lipinski definition) is 0. The van der Waals surface area contributed by atoms with Crippen molar-refractivity contribution in [3.8, 4) is 0 Å². The molecule has 1 aliphatic heterocycles. The minimum absolute atomic E-state index is 0.196. The molecule has 1 heterocycles. The molecule has 0 aromatic heterocycles. The van der Waals surface area contributed by atoms with Gasteiger partial charge in [-0.15, -0.1) is 0 Å². The number of nitro benzene ring substituents is 1. The largest absolute Gasteiger partial charge is 0.381 e. The molecule has 0 radical (unpaired) electrons. The van der Waals surface area contributed by atoms with Crippen LogP contribution in [0.15, 0.2) is 22.7 Å². The minimum Gasteiger partial charge on any atom is -0.381 e. The molecule has 110 valence electrons. The Morgan fingerprint density at radius 3 is 3.05 bits per heavy atom. The normalized spacial score (nSPS) is 19.4. The first-order valence-electron chi connectivity index (χ1n) is 6.83. The monoisotopic (exact) mass is 342 g/mol. The van der Waals surface area contributed by atoms with Gasteiger partial charge in [0.05, 0.1) is 11.5 Å². The number of nitrogens with zero attached hydrogens (tertiary/aromatic N) is 2. The summed E-state index contributed by atoms with van der Waals surface area (Å²) in [7, 11) is 0. The fourth-order valence-electron chi connectivity index (χ4n) is 2.58. The Morgan fingerprint density at radius 1 is 1.55 bits per heavy atom. The molecular formula is C14H19BrN2O3. The fraction of sp³-hybridized carbons (Fsp3) is 0.571. The lowest BCUT2D eigenvalue weighted by Gasteiger charge is -2.16. The van der Waals surface area contributed by atoms with Crippen molar-refractivity contribution in [3.63, 3.8) is 0 Å². The first-order valence-corrected chi connectivity index (χ1v) is 7.62. The first-order chi connectivity index (χ1) is 9.60. The number of halogens is 1. The second-order valence-corrected chi connectivity index (χ2v) is 6.00. The van der Waals surface area contributed by atoms with Gasteiger partial charge in [-0.1, -0.05) is 15.9 Å². The van der Waals surface area contributed by atoms with E-state index < -0.39 is 0 Å². The molecule has 1 aromatic rings. The van der Waals surface area contributed by atoms with Crippen LogP contribution in [0.4, 0.5) is 5.69 Å². The number of benzene rings is 1. The predicted molar refractivity (Wildman–Crippen MR) is 80.7 cm³/mol. The van der Waals surface area contributed by atoms with E-state index in [1.165, 1.54) is 0 Å². The van der Waals surface area contributed by atoms with Crippen LogP contribution >= 0.6 is 15.9 Å². The maximum atomic E-state index is 11.1. The molecule has 0 N–H and O–H groups in total. The molecule has 0 saturated carbocycles. The van der Waals surface area contributed by atoms with Gasteiger partial charge in [-0.05, 0) is 37.9 Å². The third-order valence-electron chi connectivity index (χ3n) is 3.56. The van der Waals surface area contributed by atoms with Crippen LogP contribution in [-0.2, 0) is 11.3 Å². The third-order valence-corrected chi connectivity index (χ3v) is 4.05. The van der Waals surface area contributed by atoms with E-state index in [2.05, 4.69) is 20.8 Å². The molecule has 1 fully saturated rings. The quantitative estimate of drug-likeness (QED) is 0.588. The summed E-state index contributed by atoms with van der Waals surface area (Å²) in [4.78, 5) is 13.0. The highest BCUT2D eigenvalue weighted by Crippen LogP contribution is 2.26. The van der Waals surface area contributed by atoms with Crippen LogP contribution in [0.2, 0.25) is 0 Å². The van der Waals surface area contributed by atoms with E-state index >= 15 is 0 Å². The van der Waals surface area contributed by atoms with Crippen molar-refractivity contribution in [2.24, 2.45) is 5.92 Å². The van der Waals surface area contributed by atoms with E-state index in [0.29, 0.717) is 12.5 Å². The van der Waals surface area contributed by atoms with Crippen molar-refractivity contribution < 1.29 is 9.66 Å². The Hall–Kier alpha value is -0.980. The van der Waals surface area contributed by atoms with Gasteiger partial charge in [-0.3, -0.25) is 15.0 Å². The zero-order valence-electron chi connectivity index (χ0n) is 11.5. The van der Waals surface area contributed by atoms with E-state index in [9.17, 15) is 10.1 Å². The van der Waals surface area contributed by atoms with Crippen LogP contribution < -0.4 is 0 Å². The van der Waals surface area contributed by atoms with Gasteiger partial charge in [0, 0.05) is 35.8 Å². The zero-order chi connectivity index (χ0) is 14.5. The Bertz CT molecular complexity index is 481. The SMILES string of the molecule is CCOC[C@@H]1CCN(Cc2cc(Br)ccc2[N+](=O)[O-])C1. The van der Waals surface area contributed by atoms with Crippen molar-refractivity contribution >= 4 is 21.6 Å². The van der Waals surface area contributed by atoms with Gasteiger partial charge < -0.3 is 4.74 Å². The Balaban J connectivity index is 2.00. The van der Waals surface area contributed by atoms with Gasteiger partial charge in [-0.25, -0.2) is 0 Å². The van der Waals surface area contributed by atoms with E-state index in [1.807, 2.05) is 13.0 Å². The Morgan fingerprint density at radius 2 is 2.35 bits per heavy atom. The summed E-state index contributed by atoms with van der Waals surface area (Å²) in [6, 6.07) is 5.12. The minimum atomic E-state index is -0.310. The highest BCUT2D eigenvalue weighted by Gasteiger charge is 2.24. The van der Waals surface area contributed by atoms with E-state index in [4.69, 9.17) is 4.74 Å². The molecule has 1 saturated heterocycles. The molecule has 1 aromatic carbocycles. The number of nitro groups is 1. The lowest BCUT2D eigenvalue weighted by atomic mass is 10.1. The maximum Gasteiger partial charge on any atom is 0.273 e. The zero-order valence-corrected chi connectivity index (χ0v) is 13.1. The standard InChI is InChI=1S/C14H19BrN2O3/c1-2-20-10-11-5-6-16(8-11)9-12-7-13(15)3-4-14(12)17(18)19/h3-4,7,11H,2,5-6,8-10H2,1H3/t11-/m1/s1. The van der Waals surface area contributed by atoms with Crippen LogP contribution in [0.5, 0.6) is 0 Å². The summed E-state index contributed by atoms with van der Waals surface area (Å²) in [6.45, 7) is 6.07. The lowest BCUT2D eigenvalue weighted by Crippen LogP contribution is -2.22. The molecule has 5 nitrogen and oxygen atoms in total. The Labute approximate surface area is 127 Å². The van der Waals surface area contributed by atoms with Gasteiger partial charge in [0.15, 0.2) is 0 Å². The van der Waals surface area contributed by atoms with Crippen molar-refractivity contribution in [3.05, 3.63) is 38.3 Å². The highest BCUT2D eigenvalue weighted by molar-refractivity contribution is 9.10. The fourth-order valence-corrected chi connectivity index (χ4v) is 2.99. The lowest BCUT2D eigenvalue weighted by molar-refractivity contribution is -0.385. The molecule has 0 aliphatic carbocycles. The number of likely N-dealkylation sites (tertiary alicyclic amines) is 1. The van der Waals surface area contributed by atoms with Gasteiger partial charge in [0.25, 0.3) is 5.69 Å². The maximum absolute atomic E-state index is 11.1. The molecular weight excluding hydrogens is 324 g/mol. The van der Waals surface area contributed by atoms with Crippen LogP contribution in [0.3, 0.4) is 0 Å². The van der Waals surface area contributed by atoms with E-state index in [0.717, 1.165) is 42.8 Å². The summed E-state index contributed by atoms with van der Waals surface area (Å²) in [5.74, 6) is 0.543. The molecule has 0 amide bonds. The summed E-state index contributed by atoms with van der Waals surface area (Å²) in [6.07, 6.45) is 1.10. The molecule has 1 atom stereocenters. The first kappa shape index (κ1) is 15.4. The molecule has 1 aliphatic rings. The summed E-state index contributed by atoms with van der Waals surface area (Å²) < 4.78 is 6.33. The van der Waals surface area contributed by atoms with Gasteiger partial charge in [0.1, 0.15) is 0 Å². The second-order valence-electron chi connectivity index (χ2n) is 5.08. The van der Waals surface area contributed by atoms with Crippen molar-refractivity contribution in [2.45, 2.75) is 19.9 Å². The number of rotatable bonds is 6. The number of ether oxygens (including phenoxy) is 1. The molecule has 6 heteroatoms. The summed E-state index contributed by atoms with van der Waals surface area (Å²) >= 11 is 3.38. The van der Waals surface area contributed by atoms with Crippen LogP contribution in [0.25, 0.3) is 0 Å². The van der Waals surface area contributed by atoms with E-state index in [-0.39, 0.29) is 10.6 Å². The van der Waals surface area contributed by atoms with Crippen molar-refractivity contribution in [1.82, 2.24) is 4.90 Å². The number of hydrogen-bond acceptors (Lipinski definition) is 4.